The molecule has 0 unspecified atom stereocenters. The SMILES string of the molecule is CN(C)/C=C/C(=O)c1ccc(SN2CCOCC2)cc1. The van der Waals surface area contributed by atoms with E-state index in [0.29, 0.717) is 0 Å². The Hall–Kier alpha value is -1.30. The Morgan fingerprint density at radius 2 is 1.90 bits per heavy atom. The third kappa shape index (κ3) is 4.67. The van der Waals surface area contributed by atoms with Crippen LogP contribution in [0.15, 0.2) is 41.4 Å². The minimum atomic E-state index is 0.0293. The zero-order valence-electron chi connectivity index (χ0n) is 11.9. The van der Waals surface area contributed by atoms with Gasteiger partial charge < -0.3 is 9.64 Å². The molecule has 0 amide bonds. The fraction of sp³-hybridized carbons (Fsp3) is 0.400. The van der Waals surface area contributed by atoms with Gasteiger partial charge >= 0.3 is 0 Å². The molecule has 0 aromatic heterocycles. The van der Waals surface area contributed by atoms with Gasteiger partial charge in [-0.05, 0) is 36.2 Å². The van der Waals surface area contributed by atoms with Crippen molar-refractivity contribution in [2.75, 3.05) is 40.4 Å². The fourth-order valence-corrected chi connectivity index (χ4v) is 2.67. The maximum Gasteiger partial charge on any atom is 0.187 e. The molecule has 20 heavy (non-hydrogen) atoms. The maximum absolute atomic E-state index is 11.9. The summed E-state index contributed by atoms with van der Waals surface area (Å²) >= 11 is 1.72. The van der Waals surface area contributed by atoms with Gasteiger partial charge in [0.2, 0.25) is 0 Å². The van der Waals surface area contributed by atoms with Gasteiger partial charge in [-0.15, -0.1) is 0 Å². The summed E-state index contributed by atoms with van der Waals surface area (Å²) in [7, 11) is 3.79. The van der Waals surface area contributed by atoms with Crippen LogP contribution in [0.5, 0.6) is 0 Å². The number of hydrogen-bond donors (Lipinski definition) is 0. The van der Waals surface area contributed by atoms with E-state index >= 15 is 0 Å². The van der Waals surface area contributed by atoms with Crippen LogP contribution >= 0.6 is 11.9 Å². The van der Waals surface area contributed by atoms with E-state index in [1.165, 1.54) is 0 Å². The van der Waals surface area contributed by atoms with E-state index in [9.17, 15) is 4.79 Å². The summed E-state index contributed by atoms with van der Waals surface area (Å²) in [6.45, 7) is 3.46. The Bertz CT molecular complexity index is 465. The molecule has 1 heterocycles. The highest BCUT2D eigenvalue weighted by atomic mass is 32.2. The number of morpholine rings is 1. The predicted molar refractivity (Wildman–Crippen MR) is 81.8 cm³/mol. The molecule has 0 radical (unpaired) electrons. The molecule has 1 fully saturated rings. The Balaban J connectivity index is 1.93. The standard InChI is InChI=1S/C15H20N2O2S/c1-16(2)8-7-15(18)13-3-5-14(6-4-13)20-17-9-11-19-12-10-17/h3-8H,9-12H2,1-2H3/b8-7+. The van der Waals surface area contributed by atoms with E-state index in [4.69, 9.17) is 4.74 Å². The van der Waals surface area contributed by atoms with Gasteiger partial charge in [0.25, 0.3) is 0 Å². The number of rotatable bonds is 5. The average molecular weight is 292 g/mol. The van der Waals surface area contributed by atoms with Gasteiger partial charge in [-0.25, -0.2) is 4.31 Å². The van der Waals surface area contributed by atoms with Crippen LogP contribution < -0.4 is 0 Å². The van der Waals surface area contributed by atoms with E-state index in [1.54, 1.807) is 24.2 Å². The summed E-state index contributed by atoms with van der Waals surface area (Å²) in [4.78, 5) is 14.9. The highest BCUT2D eigenvalue weighted by Gasteiger charge is 2.11. The lowest BCUT2D eigenvalue weighted by atomic mass is 10.1. The van der Waals surface area contributed by atoms with Crippen LogP contribution in [0.1, 0.15) is 10.4 Å². The highest BCUT2D eigenvalue weighted by Crippen LogP contribution is 2.23. The smallest absolute Gasteiger partial charge is 0.187 e. The molecular weight excluding hydrogens is 272 g/mol. The largest absolute Gasteiger partial charge is 0.383 e. The van der Waals surface area contributed by atoms with Gasteiger partial charge in [-0.1, -0.05) is 0 Å². The molecule has 4 nitrogen and oxygen atoms in total. The van der Waals surface area contributed by atoms with Crippen LogP contribution in [-0.2, 0) is 4.74 Å². The zero-order valence-corrected chi connectivity index (χ0v) is 12.7. The number of nitrogens with zero attached hydrogens (tertiary/aromatic N) is 2. The van der Waals surface area contributed by atoms with Crippen molar-refractivity contribution in [3.05, 3.63) is 42.1 Å². The molecule has 0 spiro atoms. The topological polar surface area (TPSA) is 32.8 Å². The van der Waals surface area contributed by atoms with E-state index in [0.717, 1.165) is 36.8 Å². The molecular formula is C15H20N2O2S. The second-order valence-corrected chi connectivity index (χ2v) is 5.97. The monoisotopic (exact) mass is 292 g/mol. The summed E-state index contributed by atoms with van der Waals surface area (Å²) in [5.74, 6) is 0.0293. The van der Waals surface area contributed by atoms with Crippen molar-refractivity contribution >= 4 is 17.7 Å². The molecule has 1 aromatic rings. The Morgan fingerprint density at radius 3 is 2.50 bits per heavy atom. The van der Waals surface area contributed by atoms with Crippen LogP contribution in [0.3, 0.4) is 0 Å². The van der Waals surface area contributed by atoms with Crippen LogP contribution in [0.4, 0.5) is 0 Å². The van der Waals surface area contributed by atoms with Crippen molar-refractivity contribution in [2.24, 2.45) is 0 Å². The van der Waals surface area contributed by atoms with Gasteiger partial charge in [0.1, 0.15) is 0 Å². The van der Waals surface area contributed by atoms with E-state index in [-0.39, 0.29) is 5.78 Å². The first-order chi connectivity index (χ1) is 9.65. The van der Waals surface area contributed by atoms with Gasteiger partial charge in [-0.3, -0.25) is 4.79 Å². The van der Waals surface area contributed by atoms with Gasteiger partial charge in [0.15, 0.2) is 5.78 Å². The lowest BCUT2D eigenvalue weighted by molar-refractivity contribution is 0.0773. The number of carbonyl (C=O) groups excluding carboxylic acids is 1. The van der Waals surface area contributed by atoms with E-state index in [1.807, 2.05) is 43.3 Å². The molecule has 1 aromatic carbocycles. The lowest BCUT2D eigenvalue weighted by Crippen LogP contribution is -2.30. The maximum atomic E-state index is 11.9. The predicted octanol–water partition coefficient (Wildman–Crippen LogP) is 2.28. The summed E-state index contributed by atoms with van der Waals surface area (Å²) < 4.78 is 7.61. The number of allylic oxidation sites excluding steroid dienone is 1. The molecule has 108 valence electrons. The summed E-state index contributed by atoms with van der Waals surface area (Å²) in [5, 5.41) is 0. The minimum Gasteiger partial charge on any atom is -0.383 e. The number of benzene rings is 1. The minimum absolute atomic E-state index is 0.0293. The number of hydrogen-bond acceptors (Lipinski definition) is 5. The molecule has 1 aliphatic heterocycles. The molecule has 0 N–H and O–H groups in total. The molecule has 1 saturated heterocycles. The van der Waals surface area contributed by atoms with Crippen molar-refractivity contribution in [1.29, 1.82) is 0 Å². The van der Waals surface area contributed by atoms with Crippen molar-refractivity contribution in [3.63, 3.8) is 0 Å². The number of ether oxygens (including phenoxy) is 1. The quantitative estimate of drug-likeness (QED) is 0.472. The summed E-state index contributed by atoms with van der Waals surface area (Å²) in [5.41, 5.74) is 0.717. The van der Waals surface area contributed by atoms with Crippen LogP contribution in [-0.4, -0.2) is 55.4 Å². The van der Waals surface area contributed by atoms with Crippen molar-refractivity contribution in [3.8, 4) is 0 Å². The van der Waals surface area contributed by atoms with Crippen LogP contribution in [0.25, 0.3) is 0 Å². The zero-order chi connectivity index (χ0) is 14.4. The second kappa shape index (κ2) is 7.47. The normalized spacial score (nSPS) is 16.5. The van der Waals surface area contributed by atoms with Crippen LogP contribution in [0.2, 0.25) is 0 Å². The fourth-order valence-electron chi connectivity index (χ4n) is 1.78. The Labute approximate surface area is 124 Å². The number of carbonyl (C=O) groups is 1. The average Bonchev–Trinajstić information content (AvgIpc) is 2.46. The Morgan fingerprint density at radius 1 is 1.25 bits per heavy atom. The molecule has 1 aliphatic rings. The van der Waals surface area contributed by atoms with Crippen molar-refractivity contribution in [1.82, 2.24) is 9.21 Å². The van der Waals surface area contributed by atoms with Gasteiger partial charge in [-0.2, -0.15) is 0 Å². The Kier molecular flexibility index (Phi) is 5.64. The highest BCUT2D eigenvalue weighted by molar-refractivity contribution is 7.97. The van der Waals surface area contributed by atoms with Gasteiger partial charge in [0, 0.05) is 49.9 Å². The molecule has 2 rings (SSSR count). The first kappa shape index (κ1) is 15.1. The van der Waals surface area contributed by atoms with Gasteiger partial charge in [0.05, 0.1) is 13.2 Å². The summed E-state index contributed by atoms with van der Waals surface area (Å²) in [6, 6.07) is 7.75. The lowest BCUT2D eigenvalue weighted by Gasteiger charge is -2.25. The van der Waals surface area contributed by atoms with E-state index < -0.39 is 0 Å². The van der Waals surface area contributed by atoms with Crippen molar-refractivity contribution < 1.29 is 9.53 Å². The third-order valence-electron chi connectivity index (χ3n) is 2.87. The number of ketones is 1. The third-order valence-corrected chi connectivity index (χ3v) is 3.97. The molecule has 0 atom stereocenters. The van der Waals surface area contributed by atoms with Crippen LogP contribution in [0, 0.1) is 0 Å². The molecule has 0 saturated carbocycles. The first-order valence-corrected chi connectivity index (χ1v) is 7.42. The molecule has 0 bridgehead atoms. The molecule has 5 heteroatoms. The van der Waals surface area contributed by atoms with E-state index in [2.05, 4.69) is 4.31 Å². The summed E-state index contributed by atoms with van der Waals surface area (Å²) in [6.07, 6.45) is 3.35. The first-order valence-electron chi connectivity index (χ1n) is 6.65. The van der Waals surface area contributed by atoms with Crippen molar-refractivity contribution in [2.45, 2.75) is 4.90 Å². The molecule has 0 aliphatic carbocycles. The second-order valence-electron chi connectivity index (χ2n) is 4.80.